The molecule has 11 nitrogen and oxygen atoms in total. The minimum Gasteiger partial charge on any atom is -0.480 e. The third-order valence-electron chi connectivity index (χ3n) is 7.14. The molecule has 0 unspecified atom stereocenters. The van der Waals surface area contributed by atoms with E-state index >= 15 is 4.39 Å². The van der Waals surface area contributed by atoms with E-state index in [9.17, 15) is 35.9 Å². The molecular formula is C24H24F7N7O4. The summed E-state index contributed by atoms with van der Waals surface area (Å²) in [5.41, 5.74) is 0.266. The van der Waals surface area contributed by atoms with Gasteiger partial charge in [-0.2, -0.15) is 31.4 Å². The molecule has 0 aliphatic carbocycles. The summed E-state index contributed by atoms with van der Waals surface area (Å²) in [6.07, 6.45) is -9.83. The number of ether oxygens (including phenoxy) is 2. The number of nitrogens with two attached hydrogens (primary N) is 1. The van der Waals surface area contributed by atoms with Crippen molar-refractivity contribution in [2.24, 2.45) is 0 Å². The van der Waals surface area contributed by atoms with Crippen LogP contribution in [0.5, 0.6) is 5.88 Å². The van der Waals surface area contributed by atoms with Gasteiger partial charge in [-0.15, -0.1) is 0 Å². The Balaban J connectivity index is 1.69. The van der Waals surface area contributed by atoms with Crippen LogP contribution in [-0.4, -0.2) is 99.5 Å². The van der Waals surface area contributed by atoms with Gasteiger partial charge in [0.2, 0.25) is 11.5 Å². The minimum atomic E-state index is -5.10. The van der Waals surface area contributed by atoms with Crippen molar-refractivity contribution in [1.29, 1.82) is 0 Å². The molecule has 4 heterocycles. The molecule has 1 aliphatic rings. The molecule has 0 saturated carbocycles. The molecule has 4 rings (SSSR count). The number of amides is 2. The number of alkyl halides is 7. The first-order valence-corrected chi connectivity index (χ1v) is 12.0. The molecule has 18 heteroatoms. The number of fused-ring (bicyclic) bond motifs is 1. The molecule has 42 heavy (non-hydrogen) atoms. The first kappa shape index (κ1) is 30.7. The summed E-state index contributed by atoms with van der Waals surface area (Å²) in [5.74, 6) is -3.19. The average Bonchev–Trinajstić information content (AvgIpc) is 3.52. The van der Waals surface area contributed by atoms with E-state index in [1.54, 1.807) is 0 Å². The highest BCUT2D eigenvalue weighted by Crippen LogP contribution is 2.39. The number of hydrogen-bond acceptors (Lipinski definition) is 8. The maximum Gasteiger partial charge on any atom is 0.426 e. The van der Waals surface area contributed by atoms with Crippen LogP contribution in [0.1, 0.15) is 22.8 Å². The van der Waals surface area contributed by atoms with Crippen LogP contribution in [0.2, 0.25) is 0 Å². The number of hydrogen-bond donors (Lipinski definition) is 1. The highest BCUT2D eigenvalue weighted by atomic mass is 19.4. The number of halogens is 7. The van der Waals surface area contributed by atoms with Gasteiger partial charge >= 0.3 is 12.4 Å². The van der Waals surface area contributed by atoms with Gasteiger partial charge in [0, 0.05) is 32.5 Å². The molecule has 0 spiro atoms. The van der Waals surface area contributed by atoms with E-state index in [1.165, 1.54) is 0 Å². The standard InChI is InChI=1S/C24H24F7N7O4/c1-22(42-4,24(29,30)31)21(40)37-8-14(25)16(9-37)36(2)20(39)12-5-11(7-33-19(12)41-3)15-6-13(23(26,27)28)17-18(32)34-10-35-38(15)17/h5-7,10,14,16H,8-9H2,1-4H3,(H2,32,34,35)/t14-,16+,22+/m0/s1. The highest BCUT2D eigenvalue weighted by molar-refractivity contribution is 5.98. The van der Waals surface area contributed by atoms with Crippen LogP contribution in [0.25, 0.3) is 16.8 Å². The zero-order valence-electron chi connectivity index (χ0n) is 22.4. The largest absolute Gasteiger partial charge is 0.480 e. The molecule has 1 fully saturated rings. The SMILES string of the molecule is COc1ncc(-c2cc(C(F)(F)F)c3c(N)ncnn23)cc1C(=O)N(C)[C@@H]1CN(C(=O)[C@@](C)(OC)C(F)(F)F)C[C@@H]1F. The van der Waals surface area contributed by atoms with Crippen molar-refractivity contribution < 1.29 is 49.8 Å². The van der Waals surface area contributed by atoms with Crippen molar-refractivity contribution in [3.63, 3.8) is 0 Å². The normalized spacial score (nSPS) is 19.2. The van der Waals surface area contributed by atoms with Crippen LogP contribution < -0.4 is 10.5 Å². The molecule has 1 aliphatic heterocycles. The zero-order chi connectivity index (χ0) is 31.4. The van der Waals surface area contributed by atoms with E-state index in [2.05, 4.69) is 19.8 Å². The second kappa shape index (κ2) is 10.6. The Hall–Kier alpha value is -4.22. The summed E-state index contributed by atoms with van der Waals surface area (Å²) in [4.78, 5) is 35.3. The van der Waals surface area contributed by atoms with Gasteiger partial charge in [0.15, 0.2) is 5.82 Å². The van der Waals surface area contributed by atoms with Gasteiger partial charge in [-0.3, -0.25) is 9.59 Å². The maximum atomic E-state index is 15.1. The second-order valence-corrected chi connectivity index (χ2v) is 9.57. The number of methoxy groups -OCH3 is 2. The van der Waals surface area contributed by atoms with Crippen LogP contribution in [-0.2, 0) is 15.7 Å². The maximum absolute atomic E-state index is 15.1. The Morgan fingerprint density at radius 2 is 1.76 bits per heavy atom. The third-order valence-corrected chi connectivity index (χ3v) is 7.14. The molecule has 0 radical (unpaired) electrons. The monoisotopic (exact) mass is 607 g/mol. The van der Waals surface area contributed by atoms with Crippen molar-refractivity contribution in [1.82, 2.24) is 29.4 Å². The summed E-state index contributed by atoms with van der Waals surface area (Å²) in [5, 5.41) is 3.84. The molecule has 0 bridgehead atoms. The number of aromatic nitrogens is 4. The first-order chi connectivity index (χ1) is 19.5. The molecule has 3 aromatic rings. The second-order valence-electron chi connectivity index (χ2n) is 9.57. The highest BCUT2D eigenvalue weighted by Gasteiger charge is 2.60. The van der Waals surface area contributed by atoms with Gasteiger partial charge in [-0.25, -0.2) is 18.9 Å². The lowest BCUT2D eigenvalue weighted by Crippen LogP contribution is -2.57. The Morgan fingerprint density at radius 1 is 1.10 bits per heavy atom. The Labute approximate surface area is 233 Å². The Morgan fingerprint density at radius 3 is 2.33 bits per heavy atom. The van der Waals surface area contributed by atoms with Gasteiger partial charge < -0.3 is 25.0 Å². The van der Waals surface area contributed by atoms with Crippen LogP contribution in [0, 0.1) is 0 Å². The summed E-state index contributed by atoms with van der Waals surface area (Å²) in [6.45, 7) is -0.828. The Bertz CT molecular complexity index is 1530. The molecular weight excluding hydrogens is 583 g/mol. The van der Waals surface area contributed by atoms with E-state index in [4.69, 9.17) is 10.5 Å². The van der Waals surface area contributed by atoms with Crippen molar-refractivity contribution in [3.8, 4) is 17.1 Å². The number of nitrogen functional groups attached to an aromatic ring is 1. The molecule has 3 atom stereocenters. The van der Waals surface area contributed by atoms with Gasteiger partial charge in [0.1, 0.15) is 23.6 Å². The lowest BCUT2D eigenvalue weighted by atomic mass is 10.0. The van der Waals surface area contributed by atoms with Gasteiger partial charge in [0.05, 0.1) is 31.0 Å². The smallest absolute Gasteiger partial charge is 0.426 e. The number of carbonyl (C=O) groups excluding carboxylic acids is 2. The van der Waals surface area contributed by atoms with E-state index in [1.807, 2.05) is 0 Å². The van der Waals surface area contributed by atoms with E-state index < -0.39 is 72.0 Å². The number of pyridine rings is 1. The van der Waals surface area contributed by atoms with Crippen molar-refractivity contribution in [2.75, 3.05) is 40.1 Å². The topological polar surface area (TPSA) is 128 Å². The summed E-state index contributed by atoms with van der Waals surface area (Å²) < 4.78 is 107. The van der Waals surface area contributed by atoms with Crippen molar-refractivity contribution >= 4 is 23.1 Å². The minimum absolute atomic E-state index is 0.0304. The predicted octanol–water partition coefficient (Wildman–Crippen LogP) is 2.99. The number of rotatable bonds is 6. The fourth-order valence-corrected chi connectivity index (χ4v) is 4.64. The average molecular weight is 607 g/mol. The van der Waals surface area contributed by atoms with Crippen molar-refractivity contribution in [3.05, 3.63) is 35.8 Å². The van der Waals surface area contributed by atoms with E-state index in [0.717, 1.165) is 48.2 Å². The molecule has 2 amide bonds. The number of likely N-dealkylation sites (N-methyl/N-ethyl adjacent to an activating group) is 1. The van der Waals surface area contributed by atoms with Crippen LogP contribution in [0.15, 0.2) is 24.7 Å². The number of carbonyl (C=O) groups is 2. The number of nitrogens with zero attached hydrogens (tertiary/aromatic N) is 6. The van der Waals surface area contributed by atoms with E-state index in [-0.39, 0.29) is 22.7 Å². The molecule has 1 saturated heterocycles. The number of likely N-dealkylation sites (tertiary alicyclic amines) is 1. The summed E-state index contributed by atoms with van der Waals surface area (Å²) in [7, 11) is 3.01. The summed E-state index contributed by atoms with van der Waals surface area (Å²) in [6, 6.07) is 0.497. The fraction of sp³-hybridized carbons (Fsp3) is 0.458. The quantitative estimate of drug-likeness (QED) is 0.424. The van der Waals surface area contributed by atoms with Gasteiger partial charge in [-0.05, 0) is 19.1 Å². The lowest BCUT2D eigenvalue weighted by molar-refractivity contribution is -0.258. The molecule has 0 aromatic carbocycles. The fourth-order valence-electron chi connectivity index (χ4n) is 4.64. The van der Waals surface area contributed by atoms with Crippen LogP contribution in [0.3, 0.4) is 0 Å². The third kappa shape index (κ3) is 5.03. The van der Waals surface area contributed by atoms with Crippen molar-refractivity contribution in [2.45, 2.75) is 37.1 Å². The lowest BCUT2D eigenvalue weighted by Gasteiger charge is -2.33. The Kier molecular flexibility index (Phi) is 7.73. The first-order valence-electron chi connectivity index (χ1n) is 12.0. The molecule has 2 N–H and O–H groups in total. The predicted molar refractivity (Wildman–Crippen MR) is 131 cm³/mol. The van der Waals surface area contributed by atoms with E-state index in [0.29, 0.717) is 18.9 Å². The van der Waals surface area contributed by atoms with Gasteiger partial charge in [0.25, 0.3) is 11.8 Å². The van der Waals surface area contributed by atoms with Crippen LogP contribution >= 0.6 is 0 Å². The van der Waals surface area contributed by atoms with Crippen LogP contribution in [0.4, 0.5) is 36.6 Å². The summed E-state index contributed by atoms with van der Waals surface area (Å²) >= 11 is 0. The molecule has 228 valence electrons. The zero-order valence-corrected chi connectivity index (χ0v) is 22.4. The molecule has 3 aromatic heterocycles. The van der Waals surface area contributed by atoms with Gasteiger partial charge in [-0.1, -0.05) is 0 Å². The number of anilines is 1.